The molecule has 0 aliphatic heterocycles. The van der Waals surface area contributed by atoms with Gasteiger partial charge in [0.2, 0.25) is 11.8 Å². The molecule has 0 spiro atoms. The molecule has 21 heavy (non-hydrogen) atoms. The second-order valence-electron chi connectivity index (χ2n) is 3.67. The van der Waals surface area contributed by atoms with Crippen molar-refractivity contribution < 1.29 is 30.5 Å². The Morgan fingerprint density at radius 1 is 1.48 bits per heavy atom. The Hall–Kier alpha value is -2.22. The molecule has 116 valence electrons. The van der Waals surface area contributed by atoms with Crippen LogP contribution in [0, 0.1) is 11.3 Å². The zero-order valence-corrected chi connectivity index (χ0v) is 11.5. The van der Waals surface area contributed by atoms with E-state index in [9.17, 15) is 21.6 Å². The molecule has 0 atom stereocenters. The highest BCUT2D eigenvalue weighted by Gasteiger charge is 2.49. The van der Waals surface area contributed by atoms with Gasteiger partial charge in [-0.1, -0.05) is 6.92 Å². The van der Waals surface area contributed by atoms with Crippen LogP contribution in [0.5, 0.6) is 11.8 Å². The maximum Gasteiger partial charge on any atom is 0.534 e. The molecule has 0 aliphatic rings. The minimum absolute atomic E-state index is 0.108. The molecule has 0 unspecified atom stereocenters. The Bertz CT molecular complexity index is 667. The summed E-state index contributed by atoms with van der Waals surface area (Å²) in [5, 5.41) is 8.86. The van der Waals surface area contributed by atoms with E-state index in [-0.39, 0.29) is 17.9 Å². The third kappa shape index (κ3) is 3.88. The number of nitrogens with zero attached hydrogens (tertiary/aromatic N) is 2. The molecule has 1 rings (SSSR count). The highest BCUT2D eigenvalue weighted by molar-refractivity contribution is 7.87. The molecule has 0 saturated carbocycles. The van der Waals surface area contributed by atoms with Gasteiger partial charge in [-0.25, -0.2) is 0 Å². The summed E-state index contributed by atoms with van der Waals surface area (Å²) in [4.78, 5) is 3.41. The summed E-state index contributed by atoms with van der Waals surface area (Å²) in [6, 6.07) is 2.35. The summed E-state index contributed by atoms with van der Waals surface area (Å²) in [5.74, 6) is -1.33. The second kappa shape index (κ2) is 6.04. The number of ether oxygens (including phenoxy) is 1. The van der Waals surface area contributed by atoms with E-state index in [0.29, 0.717) is 12.5 Å². The Labute approximate surface area is 118 Å². The lowest BCUT2D eigenvalue weighted by molar-refractivity contribution is -0.0501. The number of nitrogen functional groups attached to an aromatic ring is 1. The molecule has 7 nitrogen and oxygen atoms in total. The number of aromatic nitrogens is 1. The predicted molar refractivity (Wildman–Crippen MR) is 64.8 cm³/mol. The van der Waals surface area contributed by atoms with E-state index in [1.54, 1.807) is 13.0 Å². The molecule has 11 heteroatoms. The van der Waals surface area contributed by atoms with Crippen LogP contribution in [0.1, 0.15) is 18.9 Å². The summed E-state index contributed by atoms with van der Waals surface area (Å²) < 4.78 is 67.3. The normalized spacial score (nSPS) is 11.8. The van der Waals surface area contributed by atoms with Gasteiger partial charge in [0.25, 0.3) is 0 Å². The molecule has 2 N–H and O–H groups in total. The molecule has 0 amide bonds. The van der Waals surface area contributed by atoms with Gasteiger partial charge in [-0.2, -0.15) is 31.8 Å². The summed E-state index contributed by atoms with van der Waals surface area (Å²) in [6.07, 6.45) is 0.526. The number of pyridine rings is 1. The first-order chi connectivity index (χ1) is 9.62. The smallest absolute Gasteiger partial charge is 0.477 e. The highest BCUT2D eigenvalue weighted by atomic mass is 32.2. The van der Waals surface area contributed by atoms with Crippen molar-refractivity contribution in [2.24, 2.45) is 0 Å². The van der Waals surface area contributed by atoms with Crippen molar-refractivity contribution in [1.29, 1.82) is 5.26 Å². The van der Waals surface area contributed by atoms with Crippen LogP contribution in [0.25, 0.3) is 0 Å². The number of hydrogen-bond donors (Lipinski definition) is 1. The van der Waals surface area contributed by atoms with Crippen molar-refractivity contribution in [3.05, 3.63) is 11.6 Å². The average Bonchev–Trinajstić information content (AvgIpc) is 2.34. The Balaban J connectivity index is 3.22. The lowest BCUT2D eigenvalue weighted by Gasteiger charge is -2.12. The van der Waals surface area contributed by atoms with Gasteiger partial charge in [-0.05, 0) is 6.42 Å². The summed E-state index contributed by atoms with van der Waals surface area (Å²) >= 11 is 0. The summed E-state index contributed by atoms with van der Waals surface area (Å²) in [5.41, 5.74) is -0.712. The van der Waals surface area contributed by atoms with E-state index in [1.807, 2.05) is 0 Å². The minimum atomic E-state index is -5.88. The number of rotatable bonds is 5. The van der Waals surface area contributed by atoms with E-state index in [4.69, 9.17) is 15.7 Å². The van der Waals surface area contributed by atoms with Gasteiger partial charge in [0.15, 0.2) is 0 Å². The molecule has 1 heterocycles. The van der Waals surface area contributed by atoms with Crippen LogP contribution in [-0.2, 0) is 10.1 Å². The molecule has 1 aromatic rings. The van der Waals surface area contributed by atoms with Crippen LogP contribution in [0.2, 0.25) is 0 Å². The van der Waals surface area contributed by atoms with Crippen molar-refractivity contribution in [3.63, 3.8) is 0 Å². The fraction of sp³-hybridized carbons (Fsp3) is 0.400. The summed E-state index contributed by atoms with van der Waals surface area (Å²) in [6.45, 7) is 1.85. The van der Waals surface area contributed by atoms with Crippen molar-refractivity contribution >= 4 is 15.8 Å². The number of hydrogen-bond acceptors (Lipinski definition) is 7. The average molecular weight is 325 g/mol. The molecule has 1 aromatic heterocycles. The second-order valence-corrected chi connectivity index (χ2v) is 5.21. The maximum absolute atomic E-state index is 12.2. The Morgan fingerprint density at radius 2 is 2.10 bits per heavy atom. The largest absolute Gasteiger partial charge is 0.534 e. The fourth-order valence-corrected chi connectivity index (χ4v) is 1.54. The SMILES string of the molecule is CCCOc1nc(OS(=O)(=O)C(F)(F)F)cc(N)c1C#N. The maximum atomic E-state index is 12.2. The van der Waals surface area contributed by atoms with Gasteiger partial charge >= 0.3 is 15.6 Å². The molecular formula is C10H10F3N3O4S. The number of nitriles is 1. The van der Waals surface area contributed by atoms with Crippen LogP contribution in [-0.4, -0.2) is 25.5 Å². The van der Waals surface area contributed by atoms with E-state index in [1.165, 1.54) is 0 Å². The number of anilines is 1. The molecule has 0 aliphatic carbocycles. The van der Waals surface area contributed by atoms with Crippen LogP contribution < -0.4 is 14.7 Å². The first-order valence-corrected chi connectivity index (χ1v) is 6.87. The van der Waals surface area contributed by atoms with Crippen LogP contribution in [0.3, 0.4) is 0 Å². The lowest BCUT2D eigenvalue weighted by atomic mass is 10.2. The fourth-order valence-electron chi connectivity index (χ4n) is 1.13. The van der Waals surface area contributed by atoms with Crippen molar-refractivity contribution in [3.8, 4) is 17.8 Å². The third-order valence-corrected chi connectivity index (χ3v) is 2.98. The van der Waals surface area contributed by atoms with E-state index >= 15 is 0 Å². The first-order valence-electron chi connectivity index (χ1n) is 5.46. The number of alkyl halides is 3. The van der Waals surface area contributed by atoms with Gasteiger partial charge < -0.3 is 14.7 Å². The molecule has 0 radical (unpaired) electrons. The summed E-state index contributed by atoms with van der Waals surface area (Å²) in [7, 11) is -5.88. The van der Waals surface area contributed by atoms with E-state index < -0.39 is 27.4 Å². The minimum Gasteiger partial charge on any atom is -0.477 e. The molecular weight excluding hydrogens is 315 g/mol. The van der Waals surface area contributed by atoms with Crippen molar-refractivity contribution in [2.75, 3.05) is 12.3 Å². The zero-order valence-electron chi connectivity index (χ0n) is 10.6. The Kier molecular flexibility index (Phi) is 4.84. The highest BCUT2D eigenvalue weighted by Crippen LogP contribution is 2.30. The van der Waals surface area contributed by atoms with Gasteiger partial charge in [-0.3, -0.25) is 0 Å². The van der Waals surface area contributed by atoms with Gasteiger partial charge in [0.05, 0.1) is 12.3 Å². The van der Waals surface area contributed by atoms with Gasteiger partial charge in [0.1, 0.15) is 11.6 Å². The Morgan fingerprint density at radius 3 is 2.57 bits per heavy atom. The van der Waals surface area contributed by atoms with Gasteiger partial charge in [-0.15, -0.1) is 0 Å². The van der Waals surface area contributed by atoms with Crippen molar-refractivity contribution in [1.82, 2.24) is 4.98 Å². The topological polar surface area (TPSA) is 115 Å². The van der Waals surface area contributed by atoms with Crippen molar-refractivity contribution in [2.45, 2.75) is 18.9 Å². The molecule has 0 fully saturated rings. The predicted octanol–water partition coefficient (Wildman–Crippen LogP) is 1.55. The number of halogens is 3. The standard InChI is InChI=1S/C10H10F3N3O4S/c1-2-3-19-9-6(5-14)7(15)4-8(16-9)20-21(17,18)10(11,12)13/h4H,2-3H2,1H3,(H2,15,16). The molecule has 0 aromatic carbocycles. The van der Waals surface area contributed by atoms with Crippen LogP contribution in [0.15, 0.2) is 6.07 Å². The quantitative estimate of drug-likeness (QED) is 0.645. The molecule has 0 bridgehead atoms. The number of nitrogens with two attached hydrogens (primary N) is 1. The van der Waals surface area contributed by atoms with Gasteiger partial charge in [0, 0.05) is 6.07 Å². The monoisotopic (exact) mass is 325 g/mol. The third-order valence-electron chi connectivity index (χ3n) is 2.03. The van der Waals surface area contributed by atoms with Crippen LogP contribution in [0.4, 0.5) is 18.9 Å². The molecule has 0 saturated heterocycles. The zero-order chi connectivity index (χ0) is 16.3. The van der Waals surface area contributed by atoms with E-state index in [2.05, 4.69) is 9.17 Å². The van der Waals surface area contributed by atoms with Crippen LogP contribution >= 0.6 is 0 Å². The first kappa shape index (κ1) is 16.8. The van der Waals surface area contributed by atoms with E-state index in [0.717, 1.165) is 0 Å². The lowest BCUT2D eigenvalue weighted by Crippen LogP contribution is -2.28.